The zero-order chi connectivity index (χ0) is 16.9. The van der Waals surface area contributed by atoms with Gasteiger partial charge in [0.2, 0.25) is 0 Å². The van der Waals surface area contributed by atoms with Gasteiger partial charge < -0.3 is 5.73 Å². The van der Waals surface area contributed by atoms with Gasteiger partial charge in [0.25, 0.3) is 0 Å². The average molecular weight is 286 g/mol. The van der Waals surface area contributed by atoms with E-state index in [2.05, 4.69) is 75.8 Å². The third-order valence-electron chi connectivity index (χ3n) is 3.00. The van der Waals surface area contributed by atoms with Crippen LogP contribution in [0.15, 0.2) is 12.3 Å². The lowest BCUT2D eigenvalue weighted by Gasteiger charge is -2.15. The molecule has 0 radical (unpaired) electrons. The Hall–Kier alpha value is -0.460. The van der Waals surface area contributed by atoms with Crippen LogP contribution in [0.2, 0.25) is 0 Å². The van der Waals surface area contributed by atoms with E-state index in [1.165, 1.54) is 12.8 Å². The summed E-state index contributed by atoms with van der Waals surface area (Å²) in [6.07, 6.45) is 3.59. The monoisotopic (exact) mass is 285 g/mol. The van der Waals surface area contributed by atoms with Gasteiger partial charge in [-0.2, -0.15) is 0 Å². The van der Waals surface area contributed by atoms with Gasteiger partial charge in [-0.3, -0.25) is 0 Å². The molecule has 2 N–H and O–H groups in total. The molecule has 0 aromatic heterocycles. The van der Waals surface area contributed by atoms with Crippen molar-refractivity contribution in [2.24, 2.45) is 28.9 Å². The first-order valence-corrected chi connectivity index (χ1v) is 8.26. The van der Waals surface area contributed by atoms with Gasteiger partial charge >= 0.3 is 0 Å². The fourth-order valence-electron chi connectivity index (χ4n) is 1.27. The predicted octanol–water partition coefficient (Wildman–Crippen LogP) is 6.64. The van der Waals surface area contributed by atoms with E-state index < -0.39 is 0 Å². The molecule has 0 heterocycles. The average Bonchev–Trinajstić information content (AvgIpc) is 2.14. The van der Waals surface area contributed by atoms with E-state index in [1.807, 2.05) is 0 Å². The summed E-state index contributed by atoms with van der Waals surface area (Å²) < 4.78 is 0. The summed E-state index contributed by atoms with van der Waals surface area (Å²) in [5, 5.41) is 0. The van der Waals surface area contributed by atoms with Crippen LogP contribution in [0.4, 0.5) is 0 Å². The molecule has 0 aliphatic rings. The quantitative estimate of drug-likeness (QED) is 0.616. The summed E-state index contributed by atoms with van der Waals surface area (Å²) in [5.41, 5.74) is 6.64. The van der Waals surface area contributed by atoms with Gasteiger partial charge in [0, 0.05) is 5.70 Å². The summed E-state index contributed by atoms with van der Waals surface area (Å²) in [6, 6.07) is 0. The van der Waals surface area contributed by atoms with Crippen LogP contribution < -0.4 is 5.73 Å². The molecule has 1 heteroatoms. The number of hydrogen-bond donors (Lipinski definition) is 1. The van der Waals surface area contributed by atoms with E-state index >= 15 is 0 Å². The summed E-state index contributed by atoms with van der Waals surface area (Å²) in [5.74, 6) is 2.35. The van der Waals surface area contributed by atoms with Gasteiger partial charge in [-0.1, -0.05) is 82.2 Å². The molecule has 0 fully saturated rings. The molecule has 0 bridgehead atoms. The van der Waals surface area contributed by atoms with Gasteiger partial charge in [0.05, 0.1) is 0 Å². The molecule has 0 rings (SSSR count). The summed E-state index contributed by atoms with van der Waals surface area (Å²) >= 11 is 0. The van der Waals surface area contributed by atoms with Crippen molar-refractivity contribution in [2.75, 3.05) is 0 Å². The largest absolute Gasteiger partial charge is 0.403 e. The van der Waals surface area contributed by atoms with Gasteiger partial charge in [0.15, 0.2) is 0 Å². The molecule has 0 aromatic carbocycles. The second-order valence-corrected chi connectivity index (χ2v) is 8.05. The minimum atomic E-state index is 0.550. The van der Waals surface area contributed by atoms with Crippen molar-refractivity contribution in [1.29, 1.82) is 0 Å². The maximum atomic E-state index is 5.30. The lowest BCUT2D eigenvalue weighted by atomic mass is 9.91. The van der Waals surface area contributed by atoms with Gasteiger partial charge in [0.1, 0.15) is 0 Å². The minimum absolute atomic E-state index is 0.550. The summed E-state index contributed by atoms with van der Waals surface area (Å²) in [7, 11) is 0. The number of nitrogens with two attached hydrogens (primary N) is 1. The molecular weight excluding hydrogens is 242 g/mol. The van der Waals surface area contributed by atoms with Gasteiger partial charge in [-0.15, -0.1) is 0 Å². The maximum Gasteiger partial charge on any atom is 0.00100 e. The molecule has 0 saturated heterocycles. The van der Waals surface area contributed by atoms with Crippen molar-refractivity contribution in [3.63, 3.8) is 0 Å². The molecule has 124 valence electrons. The van der Waals surface area contributed by atoms with Crippen LogP contribution in [0.1, 0.15) is 88.5 Å². The highest BCUT2D eigenvalue weighted by atomic mass is 14.6. The van der Waals surface area contributed by atoms with Gasteiger partial charge in [-0.25, -0.2) is 0 Å². The summed E-state index contributed by atoms with van der Waals surface area (Å²) in [4.78, 5) is 0. The van der Waals surface area contributed by atoms with E-state index in [-0.39, 0.29) is 0 Å². The Morgan fingerprint density at radius 1 is 0.950 bits per heavy atom. The molecule has 1 nitrogen and oxygen atoms in total. The Labute approximate surface area is 130 Å². The number of hydrogen-bond acceptors (Lipinski definition) is 1. The molecule has 0 aliphatic carbocycles. The predicted molar refractivity (Wildman–Crippen MR) is 96.8 cm³/mol. The zero-order valence-electron chi connectivity index (χ0n) is 16.1. The van der Waals surface area contributed by atoms with E-state index in [1.54, 1.807) is 0 Å². The number of rotatable bonds is 4. The first-order chi connectivity index (χ1) is 8.83. The third kappa shape index (κ3) is 36.0. The molecule has 0 amide bonds. The zero-order valence-corrected chi connectivity index (χ0v) is 16.1. The standard InChI is InChI=1S/C7H16.C6H13N.C6H14/c1-5-6-7(2,3)4;1-5(2)4-6(3)7;1-5(2)6(3)4/h5-6H2,1-4H3;5H,3-4,7H2,1-2H3;5-6H,1-4H3. The topological polar surface area (TPSA) is 26.0 Å². The summed E-state index contributed by atoms with van der Waals surface area (Å²) in [6.45, 7) is 25.8. The maximum absolute atomic E-state index is 5.30. The first-order valence-electron chi connectivity index (χ1n) is 8.26. The van der Waals surface area contributed by atoms with Crippen molar-refractivity contribution in [3.05, 3.63) is 12.3 Å². The fraction of sp³-hybridized carbons (Fsp3) is 0.895. The second-order valence-electron chi connectivity index (χ2n) is 8.05. The minimum Gasteiger partial charge on any atom is -0.403 e. The van der Waals surface area contributed by atoms with Crippen LogP contribution in [0.5, 0.6) is 0 Å². The van der Waals surface area contributed by atoms with Crippen LogP contribution >= 0.6 is 0 Å². The Bertz CT molecular complexity index is 200. The highest BCUT2D eigenvalue weighted by Crippen LogP contribution is 2.19. The fourth-order valence-corrected chi connectivity index (χ4v) is 1.27. The number of allylic oxidation sites excluding steroid dienone is 1. The molecule has 0 atom stereocenters. The Kier molecular flexibility index (Phi) is 16.6. The molecule has 0 spiro atoms. The molecular formula is C19H43N. The van der Waals surface area contributed by atoms with E-state index in [4.69, 9.17) is 5.73 Å². The van der Waals surface area contributed by atoms with Crippen molar-refractivity contribution in [3.8, 4) is 0 Å². The van der Waals surface area contributed by atoms with Crippen molar-refractivity contribution >= 4 is 0 Å². The normalized spacial score (nSPS) is 10.8. The first kappa shape index (κ1) is 24.6. The molecule has 0 aliphatic heterocycles. The Balaban J connectivity index is -0.000000218. The van der Waals surface area contributed by atoms with Crippen molar-refractivity contribution < 1.29 is 0 Å². The molecule has 20 heavy (non-hydrogen) atoms. The van der Waals surface area contributed by atoms with E-state index in [0.717, 1.165) is 24.0 Å². The van der Waals surface area contributed by atoms with Crippen LogP contribution in [0, 0.1) is 23.2 Å². The molecule has 0 saturated carbocycles. The van der Waals surface area contributed by atoms with Crippen LogP contribution in [-0.4, -0.2) is 0 Å². The van der Waals surface area contributed by atoms with Crippen LogP contribution in [0.25, 0.3) is 0 Å². The van der Waals surface area contributed by atoms with Crippen molar-refractivity contribution in [1.82, 2.24) is 0 Å². The Morgan fingerprint density at radius 2 is 1.30 bits per heavy atom. The smallest absolute Gasteiger partial charge is 0.00100 e. The van der Waals surface area contributed by atoms with Gasteiger partial charge in [-0.05, 0) is 36.0 Å². The second kappa shape index (κ2) is 13.5. The molecule has 0 aromatic rings. The van der Waals surface area contributed by atoms with Crippen LogP contribution in [-0.2, 0) is 0 Å². The van der Waals surface area contributed by atoms with E-state index in [0.29, 0.717) is 11.3 Å². The lowest BCUT2D eigenvalue weighted by Crippen LogP contribution is -2.02. The lowest BCUT2D eigenvalue weighted by molar-refractivity contribution is 0.373. The Morgan fingerprint density at radius 3 is 1.30 bits per heavy atom. The van der Waals surface area contributed by atoms with Crippen LogP contribution in [0.3, 0.4) is 0 Å². The molecule has 0 unspecified atom stereocenters. The van der Waals surface area contributed by atoms with Crippen molar-refractivity contribution in [2.45, 2.75) is 88.5 Å². The van der Waals surface area contributed by atoms with E-state index in [9.17, 15) is 0 Å². The highest BCUT2D eigenvalue weighted by Gasteiger charge is 2.06. The SMILES string of the molecule is C=C(N)CC(C)C.CC(C)C(C)C.CCCC(C)(C)C. The highest BCUT2D eigenvalue weighted by molar-refractivity contribution is 4.86. The third-order valence-corrected chi connectivity index (χ3v) is 3.00.